The lowest BCUT2D eigenvalue weighted by atomic mass is 9.95. The molecule has 3 rings (SSSR count). The molecule has 2 aromatic carbocycles. The highest BCUT2D eigenvalue weighted by Gasteiger charge is 2.16. The van der Waals surface area contributed by atoms with E-state index >= 15 is 0 Å². The first-order chi connectivity index (χ1) is 12.0. The average molecular weight is 335 g/mol. The Balaban J connectivity index is 2.25. The summed E-state index contributed by atoms with van der Waals surface area (Å²) < 4.78 is 5.39. The molecule has 1 unspecified atom stereocenters. The Morgan fingerprint density at radius 2 is 1.96 bits per heavy atom. The molecule has 4 nitrogen and oxygen atoms in total. The quantitative estimate of drug-likeness (QED) is 0.703. The van der Waals surface area contributed by atoms with Gasteiger partial charge in [0, 0.05) is 10.9 Å². The molecular formula is C21H21NO3. The van der Waals surface area contributed by atoms with Gasteiger partial charge in [0.15, 0.2) is 0 Å². The third kappa shape index (κ3) is 3.20. The van der Waals surface area contributed by atoms with Crippen molar-refractivity contribution in [1.82, 2.24) is 4.98 Å². The monoisotopic (exact) mass is 335 g/mol. The van der Waals surface area contributed by atoms with Crippen LogP contribution in [0.5, 0.6) is 5.75 Å². The number of carbonyl (C=O) groups is 1. The van der Waals surface area contributed by atoms with Gasteiger partial charge in [0.25, 0.3) is 0 Å². The highest BCUT2D eigenvalue weighted by atomic mass is 16.5. The number of hydrogen-bond acceptors (Lipinski definition) is 3. The highest BCUT2D eigenvalue weighted by Crippen LogP contribution is 2.32. The van der Waals surface area contributed by atoms with Gasteiger partial charge >= 0.3 is 5.97 Å². The minimum atomic E-state index is -0.954. The fourth-order valence-electron chi connectivity index (χ4n) is 2.96. The summed E-state index contributed by atoms with van der Waals surface area (Å²) in [5, 5.41) is 10.4. The molecule has 0 amide bonds. The lowest BCUT2D eigenvalue weighted by Crippen LogP contribution is -2.02. The first kappa shape index (κ1) is 17.0. The van der Waals surface area contributed by atoms with Crippen molar-refractivity contribution in [3.05, 3.63) is 59.7 Å². The summed E-state index contributed by atoms with van der Waals surface area (Å²) in [5.74, 6) is 0.0895. The first-order valence-electron chi connectivity index (χ1n) is 8.36. The summed E-state index contributed by atoms with van der Waals surface area (Å²) >= 11 is 0. The van der Waals surface area contributed by atoms with E-state index in [1.807, 2.05) is 42.5 Å². The first-order valence-corrected chi connectivity index (χ1v) is 8.36. The largest absolute Gasteiger partial charge is 0.496 e. The highest BCUT2D eigenvalue weighted by molar-refractivity contribution is 6.04. The summed E-state index contributed by atoms with van der Waals surface area (Å²) in [6.07, 6.45) is 1.00. The van der Waals surface area contributed by atoms with Gasteiger partial charge in [-0.1, -0.05) is 32.0 Å². The molecular weight excluding hydrogens is 314 g/mol. The van der Waals surface area contributed by atoms with E-state index in [0.717, 1.165) is 17.5 Å². The predicted molar refractivity (Wildman–Crippen MR) is 99.4 cm³/mol. The summed E-state index contributed by atoms with van der Waals surface area (Å²) in [4.78, 5) is 16.5. The van der Waals surface area contributed by atoms with Crippen LogP contribution >= 0.6 is 0 Å². The van der Waals surface area contributed by atoms with Gasteiger partial charge in [-0.2, -0.15) is 0 Å². The molecule has 0 spiro atoms. The minimum absolute atomic E-state index is 0.260. The Labute approximate surface area is 147 Å². The van der Waals surface area contributed by atoms with E-state index in [2.05, 4.69) is 18.8 Å². The molecule has 0 fully saturated rings. The number of fused-ring (bicyclic) bond motifs is 1. The number of carboxylic acid groups (broad SMARTS) is 1. The van der Waals surface area contributed by atoms with Gasteiger partial charge in [0.1, 0.15) is 5.75 Å². The van der Waals surface area contributed by atoms with E-state index in [1.54, 1.807) is 13.2 Å². The Kier molecular flexibility index (Phi) is 4.70. The molecule has 0 bridgehead atoms. The van der Waals surface area contributed by atoms with Crippen molar-refractivity contribution >= 4 is 16.9 Å². The van der Waals surface area contributed by atoms with Crippen molar-refractivity contribution in [3.63, 3.8) is 0 Å². The SMILES string of the molecule is CCC(C)c1ccc2nc(-c3ccccc3OC)cc(C(=O)O)c2c1. The zero-order valence-corrected chi connectivity index (χ0v) is 14.6. The molecule has 1 atom stereocenters. The van der Waals surface area contributed by atoms with Crippen LogP contribution in [0.25, 0.3) is 22.2 Å². The van der Waals surface area contributed by atoms with Crippen LogP contribution in [0.3, 0.4) is 0 Å². The van der Waals surface area contributed by atoms with Gasteiger partial charge in [-0.25, -0.2) is 9.78 Å². The van der Waals surface area contributed by atoms with Crippen molar-refractivity contribution in [1.29, 1.82) is 0 Å². The third-order valence-corrected chi connectivity index (χ3v) is 4.63. The van der Waals surface area contributed by atoms with Crippen molar-refractivity contribution < 1.29 is 14.6 Å². The smallest absolute Gasteiger partial charge is 0.336 e. The number of benzene rings is 2. The average Bonchev–Trinajstić information content (AvgIpc) is 2.65. The second kappa shape index (κ2) is 6.93. The van der Waals surface area contributed by atoms with Crippen LogP contribution in [0.1, 0.15) is 42.1 Å². The second-order valence-electron chi connectivity index (χ2n) is 6.15. The topological polar surface area (TPSA) is 59.4 Å². The number of aromatic carboxylic acids is 1. The van der Waals surface area contributed by atoms with Gasteiger partial charge in [-0.3, -0.25) is 0 Å². The van der Waals surface area contributed by atoms with Crippen molar-refractivity contribution in [3.8, 4) is 17.0 Å². The van der Waals surface area contributed by atoms with Crippen LogP contribution in [0, 0.1) is 0 Å². The van der Waals surface area contributed by atoms with E-state index in [-0.39, 0.29) is 5.56 Å². The molecule has 0 aliphatic heterocycles. The number of methoxy groups -OCH3 is 1. The molecule has 0 saturated carbocycles. The number of pyridine rings is 1. The molecule has 128 valence electrons. The molecule has 0 saturated heterocycles. The fraction of sp³-hybridized carbons (Fsp3) is 0.238. The van der Waals surface area contributed by atoms with Gasteiger partial charge in [0.05, 0.1) is 23.9 Å². The Morgan fingerprint density at radius 3 is 2.64 bits per heavy atom. The Bertz CT molecular complexity index is 934. The van der Waals surface area contributed by atoms with Gasteiger partial charge in [-0.05, 0) is 48.2 Å². The molecule has 1 aromatic heterocycles. The lowest BCUT2D eigenvalue weighted by molar-refractivity contribution is 0.0699. The maximum atomic E-state index is 11.8. The maximum Gasteiger partial charge on any atom is 0.336 e. The summed E-state index contributed by atoms with van der Waals surface area (Å²) in [5.41, 5.74) is 3.44. The molecule has 25 heavy (non-hydrogen) atoms. The van der Waals surface area contributed by atoms with Crippen LogP contribution in [0.15, 0.2) is 48.5 Å². The molecule has 4 heteroatoms. The normalized spacial score (nSPS) is 12.1. The number of nitrogens with zero attached hydrogens (tertiary/aromatic N) is 1. The summed E-state index contributed by atoms with van der Waals surface area (Å²) in [7, 11) is 1.59. The van der Waals surface area contributed by atoms with Crippen molar-refractivity contribution in [2.75, 3.05) is 7.11 Å². The number of ether oxygens (including phenoxy) is 1. The Hall–Kier alpha value is -2.88. The molecule has 1 N–H and O–H groups in total. The molecule has 3 aromatic rings. The van der Waals surface area contributed by atoms with Crippen LogP contribution in [0.4, 0.5) is 0 Å². The minimum Gasteiger partial charge on any atom is -0.496 e. The van der Waals surface area contributed by atoms with Gasteiger partial charge in [-0.15, -0.1) is 0 Å². The van der Waals surface area contributed by atoms with Crippen molar-refractivity contribution in [2.24, 2.45) is 0 Å². The zero-order valence-electron chi connectivity index (χ0n) is 14.6. The summed E-state index contributed by atoms with van der Waals surface area (Å²) in [6.45, 7) is 4.26. The van der Waals surface area contributed by atoms with Crippen LogP contribution in [0.2, 0.25) is 0 Å². The maximum absolute atomic E-state index is 11.8. The second-order valence-corrected chi connectivity index (χ2v) is 6.15. The molecule has 0 radical (unpaired) electrons. The molecule has 0 aliphatic carbocycles. The number of aromatic nitrogens is 1. The van der Waals surface area contributed by atoms with E-state index in [4.69, 9.17) is 4.74 Å². The van der Waals surface area contributed by atoms with Crippen LogP contribution < -0.4 is 4.74 Å². The van der Waals surface area contributed by atoms with Crippen molar-refractivity contribution in [2.45, 2.75) is 26.2 Å². The molecule has 1 heterocycles. The number of hydrogen-bond donors (Lipinski definition) is 1. The van der Waals surface area contributed by atoms with Gasteiger partial charge < -0.3 is 9.84 Å². The number of rotatable bonds is 5. The van der Waals surface area contributed by atoms with Crippen LogP contribution in [-0.4, -0.2) is 23.2 Å². The number of para-hydroxylation sites is 1. The number of carboxylic acids is 1. The van der Waals surface area contributed by atoms with E-state index in [0.29, 0.717) is 28.3 Å². The summed E-state index contributed by atoms with van der Waals surface area (Å²) in [6, 6.07) is 15.0. The standard InChI is InChI=1S/C21H21NO3/c1-4-13(2)14-9-10-18-16(11-14)17(21(23)24)12-19(22-18)15-7-5-6-8-20(15)25-3/h5-13H,4H2,1-3H3,(H,23,24). The molecule has 0 aliphatic rings. The third-order valence-electron chi connectivity index (χ3n) is 4.63. The van der Waals surface area contributed by atoms with E-state index < -0.39 is 5.97 Å². The predicted octanol–water partition coefficient (Wildman–Crippen LogP) is 5.12. The van der Waals surface area contributed by atoms with Crippen LogP contribution in [-0.2, 0) is 0 Å². The zero-order chi connectivity index (χ0) is 18.0. The lowest BCUT2D eigenvalue weighted by Gasteiger charge is -2.13. The van der Waals surface area contributed by atoms with E-state index in [1.165, 1.54) is 0 Å². The Morgan fingerprint density at radius 1 is 1.20 bits per heavy atom. The fourth-order valence-corrected chi connectivity index (χ4v) is 2.96. The van der Waals surface area contributed by atoms with E-state index in [9.17, 15) is 9.90 Å². The van der Waals surface area contributed by atoms with Gasteiger partial charge in [0.2, 0.25) is 0 Å².